The monoisotopic (exact) mass is 334 g/mol. The number of hydrogen-bond donors (Lipinski definition) is 0. The Kier molecular flexibility index (Phi) is 8.19. The van der Waals surface area contributed by atoms with Crippen molar-refractivity contribution < 1.29 is 18.1 Å². The first kappa shape index (κ1) is 19.8. The van der Waals surface area contributed by atoms with Gasteiger partial charge in [0.05, 0.1) is 0 Å². The van der Waals surface area contributed by atoms with Crippen LogP contribution in [0.3, 0.4) is 0 Å². The zero-order valence-corrected chi connectivity index (χ0v) is 17.1. The summed E-state index contributed by atoms with van der Waals surface area (Å²) in [5, 5.41) is 0. The Morgan fingerprint density at radius 3 is 1.90 bits per heavy atom. The van der Waals surface area contributed by atoms with Gasteiger partial charge in [0.1, 0.15) is 0 Å². The van der Waals surface area contributed by atoms with Crippen molar-refractivity contribution in [2.75, 3.05) is 0 Å². The van der Waals surface area contributed by atoms with Crippen LogP contribution in [0.5, 0.6) is 0 Å². The molecule has 0 rings (SSSR count). The SMILES string of the molecule is C=CC(=O)O[SiH](CCC)C(O[Si](C)(C)C)O[Si](C)(C)C. The van der Waals surface area contributed by atoms with E-state index in [9.17, 15) is 4.79 Å². The Morgan fingerprint density at radius 1 is 1.15 bits per heavy atom. The molecule has 118 valence electrons. The van der Waals surface area contributed by atoms with Crippen LogP contribution in [-0.4, -0.2) is 37.6 Å². The summed E-state index contributed by atoms with van der Waals surface area (Å²) < 4.78 is 17.9. The van der Waals surface area contributed by atoms with Gasteiger partial charge in [-0.25, -0.2) is 4.79 Å². The molecule has 0 saturated carbocycles. The summed E-state index contributed by atoms with van der Waals surface area (Å²) in [4.78, 5) is 11.5. The van der Waals surface area contributed by atoms with Gasteiger partial charge in [-0.1, -0.05) is 19.9 Å². The number of carbonyl (C=O) groups is 1. The molecule has 0 fully saturated rings. The third kappa shape index (κ3) is 9.65. The third-order valence-electron chi connectivity index (χ3n) is 2.25. The van der Waals surface area contributed by atoms with Crippen molar-refractivity contribution in [3.8, 4) is 0 Å². The largest absolute Gasteiger partial charge is 0.514 e. The first-order valence-electron chi connectivity index (χ1n) is 7.17. The van der Waals surface area contributed by atoms with Gasteiger partial charge in [-0.2, -0.15) is 0 Å². The first-order chi connectivity index (χ1) is 8.98. The predicted octanol–water partition coefficient (Wildman–Crippen LogP) is 3.42. The van der Waals surface area contributed by atoms with Crippen molar-refractivity contribution in [3.05, 3.63) is 12.7 Å². The third-order valence-corrected chi connectivity index (χ3v) is 7.23. The summed E-state index contributed by atoms with van der Waals surface area (Å²) in [7, 11) is -5.44. The molecule has 4 nitrogen and oxygen atoms in total. The molecule has 0 radical (unpaired) electrons. The Bertz CT molecular complexity index is 305. The molecule has 0 bridgehead atoms. The van der Waals surface area contributed by atoms with Crippen molar-refractivity contribution in [1.29, 1.82) is 0 Å². The number of rotatable bonds is 9. The van der Waals surface area contributed by atoms with E-state index in [-0.39, 0.29) is 11.9 Å². The fourth-order valence-electron chi connectivity index (χ4n) is 1.61. The van der Waals surface area contributed by atoms with Crippen LogP contribution in [0.25, 0.3) is 0 Å². The van der Waals surface area contributed by atoms with E-state index in [1.165, 1.54) is 6.08 Å². The summed E-state index contributed by atoms with van der Waals surface area (Å²) in [6.07, 6.45) is 2.18. The second-order valence-electron chi connectivity index (χ2n) is 6.80. The van der Waals surface area contributed by atoms with E-state index in [0.717, 1.165) is 12.5 Å². The molecule has 0 heterocycles. The highest BCUT2D eigenvalue weighted by Gasteiger charge is 2.36. The van der Waals surface area contributed by atoms with Crippen LogP contribution >= 0.6 is 0 Å². The molecule has 0 aromatic heterocycles. The minimum absolute atomic E-state index is 0.336. The molecule has 0 aromatic carbocycles. The highest BCUT2D eigenvalue weighted by atomic mass is 28.4. The lowest BCUT2D eigenvalue weighted by Crippen LogP contribution is -2.49. The summed E-state index contributed by atoms with van der Waals surface area (Å²) in [5.74, 6) is -0.698. The Morgan fingerprint density at radius 2 is 1.60 bits per heavy atom. The second-order valence-corrected chi connectivity index (χ2v) is 18.2. The lowest BCUT2D eigenvalue weighted by Gasteiger charge is -2.35. The van der Waals surface area contributed by atoms with Gasteiger partial charge in [0.2, 0.25) is 0 Å². The standard InChI is InChI=1S/C13H30O4Si3/c1-9-11-18(15-12(14)10-2)13(16-19(3,4)5)17-20(6,7)8/h10,13,18H,2,9,11H2,1,3-8H3. The zero-order valence-electron chi connectivity index (χ0n) is 14.0. The quantitative estimate of drug-likeness (QED) is 0.368. The Balaban J connectivity index is 5.07. The second kappa shape index (κ2) is 8.28. The number of hydrogen-bond acceptors (Lipinski definition) is 4. The highest BCUT2D eigenvalue weighted by molar-refractivity contribution is 6.72. The highest BCUT2D eigenvalue weighted by Crippen LogP contribution is 2.19. The van der Waals surface area contributed by atoms with Crippen LogP contribution < -0.4 is 0 Å². The van der Waals surface area contributed by atoms with Gasteiger partial charge < -0.3 is 13.3 Å². The topological polar surface area (TPSA) is 44.8 Å². The van der Waals surface area contributed by atoms with Gasteiger partial charge >= 0.3 is 5.97 Å². The van der Waals surface area contributed by atoms with E-state index in [2.05, 4.69) is 52.8 Å². The molecular formula is C13H30O4Si3. The maximum Gasteiger partial charge on any atom is 0.316 e. The van der Waals surface area contributed by atoms with Gasteiger partial charge in [-0.3, -0.25) is 0 Å². The van der Waals surface area contributed by atoms with Gasteiger partial charge in [0, 0.05) is 6.08 Å². The Hall–Kier alpha value is -0.219. The van der Waals surface area contributed by atoms with Crippen LogP contribution in [0, 0.1) is 0 Å². The van der Waals surface area contributed by atoms with Gasteiger partial charge in [-0.15, -0.1) is 0 Å². The van der Waals surface area contributed by atoms with E-state index in [1.54, 1.807) is 0 Å². The molecule has 0 spiro atoms. The van der Waals surface area contributed by atoms with E-state index >= 15 is 0 Å². The Labute approximate surface area is 127 Å². The van der Waals surface area contributed by atoms with E-state index in [1.807, 2.05) is 0 Å². The maximum atomic E-state index is 11.5. The molecule has 0 aliphatic carbocycles. The van der Waals surface area contributed by atoms with Crippen molar-refractivity contribution in [1.82, 2.24) is 0 Å². The van der Waals surface area contributed by atoms with Crippen LogP contribution in [0.4, 0.5) is 0 Å². The molecule has 20 heavy (non-hydrogen) atoms. The summed E-state index contributed by atoms with van der Waals surface area (Å²) in [6, 6.07) is 0.860. The molecule has 1 unspecified atom stereocenters. The minimum Gasteiger partial charge on any atom is -0.514 e. The smallest absolute Gasteiger partial charge is 0.316 e. The van der Waals surface area contributed by atoms with Crippen molar-refractivity contribution >= 4 is 31.6 Å². The van der Waals surface area contributed by atoms with E-state index in [4.69, 9.17) is 13.3 Å². The summed E-state index contributed by atoms with van der Waals surface area (Å²) in [6.45, 7) is 18.3. The molecule has 7 heteroatoms. The van der Waals surface area contributed by atoms with Crippen molar-refractivity contribution in [2.45, 2.75) is 64.6 Å². The van der Waals surface area contributed by atoms with Gasteiger partial charge in [0.15, 0.2) is 22.5 Å². The van der Waals surface area contributed by atoms with E-state index < -0.39 is 25.7 Å². The van der Waals surface area contributed by atoms with Crippen molar-refractivity contribution in [3.63, 3.8) is 0 Å². The maximum absolute atomic E-state index is 11.5. The zero-order chi connectivity index (χ0) is 16.0. The number of carbonyl (C=O) groups excluding carboxylic acids is 1. The molecule has 0 N–H and O–H groups in total. The van der Waals surface area contributed by atoms with Crippen LogP contribution in [0.15, 0.2) is 12.7 Å². The lowest BCUT2D eigenvalue weighted by molar-refractivity contribution is -0.130. The van der Waals surface area contributed by atoms with Crippen LogP contribution in [-0.2, 0) is 18.1 Å². The summed E-state index contributed by atoms with van der Waals surface area (Å²) >= 11 is 0. The normalized spacial score (nSPS) is 14.2. The average Bonchev–Trinajstić information content (AvgIpc) is 2.23. The summed E-state index contributed by atoms with van der Waals surface area (Å²) in [5.41, 5.74) is 0. The van der Waals surface area contributed by atoms with Crippen LogP contribution in [0.2, 0.25) is 45.3 Å². The average molecular weight is 335 g/mol. The first-order valence-corrected chi connectivity index (χ1v) is 15.9. The molecule has 0 aromatic rings. The van der Waals surface area contributed by atoms with Gasteiger partial charge in [-0.05, 0) is 45.3 Å². The molecule has 0 saturated heterocycles. The predicted molar refractivity (Wildman–Crippen MR) is 91.2 cm³/mol. The van der Waals surface area contributed by atoms with Gasteiger partial charge in [0.25, 0.3) is 9.04 Å². The van der Waals surface area contributed by atoms with E-state index in [0.29, 0.717) is 0 Å². The lowest BCUT2D eigenvalue weighted by atomic mass is 10.6. The fraction of sp³-hybridized carbons (Fsp3) is 0.769. The molecule has 0 amide bonds. The molecular weight excluding hydrogens is 304 g/mol. The minimum atomic E-state index is -1.92. The molecule has 0 aliphatic rings. The fourth-order valence-corrected chi connectivity index (χ4v) is 8.32. The van der Waals surface area contributed by atoms with Crippen molar-refractivity contribution in [2.24, 2.45) is 0 Å². The molecule has 0 aliphatic heterocycles. The molecule has 1 atom stereocenters. The van der Waals surface area contributed by atoms with Crippen LogP contribution in [0.1, 0.15) is 13.3 Å².